The number of ether oxygens (including phenoxy) is 1. The van der Waals surface area contributed by atoms with Crippen LogP contribution in [0.5, 0.6) is 0 Å². The van der Waals surface area contributed by atoms with Gasteiger partial charge in [0, 0.05) is 44.6 Å². The molecule has 7 heteroatoms. The SMILES string of the molecule is CN=C(NCC(c1cccs1)N1CCOC(C)C1)N1CCC2(CCC2)C1.I. The first-order chi connectivity index (χ1) is 12.7. The van der Waals surface area contributed by atoms with Crippen LogP contribution in [0.4, 0.5) is 0 Å². The van der Waals surface area contributed by atoms with Gasteiger partial charge in [-0.25, -0.2) is 0 Å². The minimum atomic E-state index is 0. The molecule has 5 nitrogen and oxygen atoms in total. The zero-order chi connectivity index (χ0) is 18.0. The Morgan fingerprint density at radius 3 is 2.85 bits per heavy atom. The fraction of sp³-hybridized carbons (Fsp3) is 0.750. The second kappa shape index (κ2) is 9.41. The lowest BCUT2D eigenvalue weighted by Gasteiger charge is -2.39. The van der Waals surface area contributed by atoms with Gasteiger partial charge in [0.1, 0.15) is 0 Å². The summed E-state index contributed by atoms with van der Waals surface area (Å²) in [5.41, 5.74) is 0.602. The number of nitrogens with zero attached hydrogens (tertiary/aromatic N) is 3. The van der Waals surface area contributed by atoms with Crippen molar-refractivity contribution in [3.8, 4) is 0 Å². The van der Waals surface area contributed by atoms with Crippen LogP contribution in [0, 0.1) is 5.41 Å². The van der Waals surface area contributed by atoms with E-state index in [1.54, 1.807) is 0 Å². The quantitative estimate of drug-likeness (QED) is 0.387. The number of guanidine groups is 1. The molecule has 27 heavy (non-hydrogen) atoms. The summed E-state index contributed by atoms with van der Waals surface area (Å²) in [5, 5.41) is 5.88. The lowest BCUT2D eigenvalue weighted by atomic mass is 9.68. The third-order valence-corrected chi connectivity index (χ3v) is 7.38. The van der Waals surface area contributed by atoms with Gasteiger partial charge in [-0.1, -0.05) is 12.5 Å². The van der Waals surface area contributed by atoms with Crippen LogP contribution in [-0.2, 0) is 4.74 Å². The topological polar surface area (TPSA) is 40.1 Å². The Hall–Kier alpha value is -0.380. The van der Waals surface area contributed by atoms with Crippen LogP contribution < -0.4 is 5.32 Å². The van der Waals surface area contributed by atoms with Crippen LogP contribution in [0.3, 0.4) is 0 Å². The Kier molecular flexibility index (Phi) is 7.44. The molecule has 152 valence electrons. The highest BCUT2D eigenvalue weighted by Gasteiger charge is 2.43. The molecule has 2 unspecified atom stereocenters. The molecule has 1 saturated carbocycles. The summed E-state index contributed by atoms with van der Waals surface area (Å²) in [6.07, 6.45) is 5.87. The third kappa shape index (κ3) is 4.79. The van der Waals surface area contributed by atoms with Gasteiger partial charge < -0.3 is 15.0 Å². The van der Waals surface area contributed by atoms with E-state index in [0.717, 1.165) is 38.7 Å². The van der Waals surface area contributed by atoms with Gasteiger partial charge in [-0.3, -0.25) is 9.89 Å². The molecule has 0 aromatic carbocycles. The molecule has 1 spiro atoms. The summed E-state index contributed by atoms with van der Waals surface area (Å²) in [6.45, 7) is 8.24. The van der Waals surface area contributed by atoms with Gasteiger partial charge in [0.15, 0.2) is 5.96 Å². The van der Waals surface area contributed by atoms with Crippen molar-refractivity contribution < 1.29 is 4.74 Å². The molecule has 2 saturated heterocycles. The van der Waals surface area contributed by atoms with Crippen molar-refractivity contribution in [2.75, 3.05) is 46.4 Å². The highest BCUT2D eigenvalue weighted by atomic mass is 127. The number of morpholine rings is 1. The normalized spacial score (nSPS) is 26.5. The number of rotatable bonds is 4. The molecule has 2 atom stereocenters. The van der Waals surface area contributed by atoms with Crippen molar-refractivity contribution in [3.63, 3.8) is 0 Å². The average molecular weight is 504 g/mol. The van der Waals surface area contributed by atoms with E-state index < -0.39 is 0 Å². The molecule has 4 rings (SSSR count). The van der Waals surface area contributed by atoms with Crippen molar-refractivity contribution in [1.82, 2.24) is 15.1 Å². The Morgan fingerprint density at radius 2 is 2.26 bits per heavy atom. The highest BCUT2D eigenvalue weighted by molar-refractivity contribution is 14.0. The fourth-order valence-corrected chi connectivity index (χ4v) is 5.60. The monoisotopic (exact) mass is 504 g/mol. The predicted octanol–water partition coefficient (Wildman–Crippen LogP) is 3.58. The lowest BCUT2D eigenvalue weighted by Crippen LogP contribution is -2.49. The van der Waals surface area contributed by atoms with E-state index >= 15 is 0 Å². The first kappa shape index (κ1) is 21.3. The van der Waals surface area contributed by atoms with Crippen LogP contribution in [-0.4, -0.2) is 68.2 Å². The maximum atomic E-state index is 5.75. The average Bonchev–Trinajstić information content (AvgIpc) is 3.28. The summed E-state index contributed by atoms with van der Waals surface area (Å²) >= 11 is 1.85. The van der Waals surface area contributed by atoms with Crippen molar-refractivity contribution in [2.24, 2.45) is 10.4 Å². The van der Waals surface area contributed by atoms with Crippen molar-refractivity contribution >= 4 is 41.3 Å². The lowest BCUT2D eigenvalue weighted by molar-refractivity contribution is -0.0334. The first-order valence-corrected chi connectivity index (χ1v) is 10.9. The standard InChI is InChI=1S/C20H32N4OS.HI/c1-16-14-23(10-11-25-16)17(18-5-3-12-26-18)13-22-19(21-2)24-9-8-20(15-24)6-4-7-20;/h3,5,12,16-17H,4,6-11,13-15H2,1-2H3,(H,21,22);1H. The molecule has 0 radical (unpaired) electrons. The Bertz CT molecular complexity index is 620. The van der Waals surface area contributed by atoms with E-state index in [1.165, 1.54) is 37.1 Å². The largest absolute Gasteiger partial charge is 0.376 e. The molecular weight excluding hydrogens is 471 g/mol. The molecule has 3 heterocycles. The van der Waals surface area contributed by atoms with Crippen LogP contribution in [0.2, 0.25) is 0 Å². The smallest absolute Gasteiger partial charge is 0.193 e. The molecule has 3 aliphatic rings. The summed E-state index contributed by atoms with van der Waals surface area (Å²) < 4.78 is 5.75. The summed E-state index contributed by atoms with van der Waals surface area (Å²) in [7, 11) is 1.92. The Morgan fingerprint density at radius 1 is 1.41 bits per heavy atom. The first-order valence-electron chi connectivity index (χ1n) is 10.0. The van der Waals surface area contributed by atoms with Crippen LogP contribution in [0.25, 0.3) is 0 Å². The summed E-state index contributed by atoms with van der Waals surface area (Å²) in [6, 6.07) is 4.81. The third-order valence-electron chi connectivity index (χ3n) is 6.40. The molecule has 0 amide bonds. The number of hydrogen-bond acceptors (Lipinski definition) is 4. The molecule has 3 fully saturated rings. The number of nitrogens with one attached hydrogen (secondary N) is 1. The van der Waals surface area contributed by atoms with Crippen LogP contribution in [0.1, 0.15) is 43.5 Å². The van der Waals surface area contributed by atoms with Crippen LogP contribution >= 0.6 is 35.3 Å². The molecule has 1 aliphatic carbocycles. The maximum absolute atomic E-state index is 5.75. The van der Waals surface area contributed by atoms with Gasteiger partial charge in [0.05, 0.1) is 18.8 Å². The van der Waals surface area contributed by atoms with Crippen molar-refractivity contribution in [2.45, 2.75) is 44.8 Å². The fourth-order valence-electron chi connectivity index (χ4n) is 4.74. The maximum Gasteiger partial charge on any atom is 0.193 e. The zero-order valence-corrected chi connectivity index (χ0v) is 19.7. The molecule has 1 aromatic rings. The van der Waals surface area contributed by atoms with E-state index in [4.69, 9.17) is 4.74 Å². The van der Waals surface area contributed by atoms with Gasteiger partial charge in [-0.2, -0.15) is 0 Å². The second-order valence-corrected chi connectivity index (χ2v) is 9.14. The van der Waals surface area contributed by atoms with E-state index in [-0.39, 0.29) is 24.0 Å². The van der Waals surface area contributed by atoms with Gasteiger partial charge in [-0.15, -0.1) is 35.3 Å². The molecule has 0 bridgehead atoms. The molecule has 2 aliphatic heterocycles. The van der Waals surface area contributed by atoms with E-state index in [9.17, 15) is 0 Å². The van der Waals surface area contributed by atoms with E-state index in [2.05, 4.69) is 44.5 Å². The van der Waals surface area contributed by atoms with Gasteiger partial charge in [-0.05, 0) is 43.0 Å². The van der Waals surface area contributed by atoms with E-state index in [0.29, 0.717) is 17.6 Å². The van der Waals surface area contributed by atoms with Crippen molar-refractivity contribution in [1.29, 1.82) is 0 Å². The summed E-state index contributed by atoms with van der Waals surface area (Å²) in [5.74, 6) is 1.08. The zero-order valence-electron chi connectivity index (χ0n) is 16.5. The number of aliphatic imine (C=N–C) groups is 1. The van der Waals surface area contributed by atoms with Crippen molar-refractivity contribution in [3.05, 3.63) is 22.4 Å². The van der Waals surface area contributed by atoms with E-state index in [1.807, 2.05) is 18.4 Å². The number of hydrogen-bond donors (Lipinski definition) is 1. The molecule has 1 N–H and O–H groups in total. The second-order valence-electron chi connectivity index (χ2n) is 8.16. The predicted molar refractivity (Wildman–Crippen MR) is 123 cm³/mol. The number of likely N-dealkylation sites (tertiary alicyclic amines) is 1. The minimum Gasteiger partial charge on any atom is -0.376 e. The van der Waals surface area contributed by atoms with Gasteiger partial charge in [0.25, 0.3) is 0 Å². The number of thiophene rings is 1. The highest BCUT2D eigenvalue weighted by Crippen LogP contribution is 2.47. The molecule has 1 aromatic heterocycles. The van der Waals surface area contributed by atoms with Gasteiger partial charge in [0.2, 0.25) is 0 Å². The Balaban J connectivity index is 0.00000210. The summed E-state index contributed by atoms with van der Waals surface area (Å²) in [4.78, 5) is 11.1. The Labute approximate surface area is 184 Å². The van der Waals surface area contributed by atoms with Gasteiger partial charge >= 0.3 is 0 Å². The van der Waals surface area contributed by atoms with Crippen LogP contribution in [0.15, 0.2) is 22.5 Å². The number of halogens is 1. The minimum absolute atomic E-state index is 0. The molecular formula is C20H33IN4OS.